The highest BCUT2D eigenvalue weighted by molar-refractivity contribution is 7.99. The number of nitrogens with one attached hydrogen (secondary N) is 1. The first-order valence-electron chi connectivity index (χ1n) is 9.43. The summed E-state index contributed by atoms with van der Waals surface area (Å²) in [7, 11) is 1.61. The van der Waals surface area contributed by atoms with Crippen LogP contribution in [0.15, 0.2) is 72.1 Å². The summed E-state index contributed by atoms with van der Waals surface area (Å²) in [4.78, 5) is 16.6. The van der Waals surface area contributed by atoms with Gasteiger partial charge < -0.3 is 10.1 Å². The van der Waals surface area contributed by atoms with Crippen LogP contribution in [0.2, 0.25) is 10.0 Å². The summed E-state index contributed by atoms with van der Waals surface area (Å²) in [5, 5.41) is 12.9. The predicted molar refractivity (Wildman–Crippen MR) is 127 cm³/mol. The number of aromatic nitrogens is 4. The molecule has 2 heterocycles. The topological polar surface area (TPSA) is 81.9 Å². The van der Waals surface area contributed by atoms with Crippen LogP contribution < -0.4 is 10.1 Å². The highest BCUT2D eigenvalue weighted by atomic mass is 35.5. The van der Waals surface area contributed by atoms with Gasteiger partial charge in [0.2, 0.25) is 5.91 Å². The van der Waals surface area contributed by atoms with Crippen molar-refractivity contribution in [1.29, 1.82) is 0 Å². The van der Waals surface area contributed by atoms with Crippen molar-refractivity contribution in [2.45, 2.75) is 5.16 Å². The number of methoxy groups -OCH3 is 1. The number of pyridine rings is 1. The molecule has 0 saturated carbocycles. The largest absolute Gasteiger partial charge is 0.497 e. The second kappa shape index (κ2) is 10.0. The third kappa shape index (κ3) is 5.04. The first-order chi connectivity index (χ1) is 15.5. The molecule has 0 spiro atoms. The van der Waals surface area contributed by atoms with E-state index in [0.717, 1.165) is 17.0 Å². The Morgan fingerprint density at radius 2 is 1.81 bits per heavy atom. The Morgan fingerprint density at radius 3 is 2.53 bits per heavy atom. The smallest absolute Gasteiger partial charge is 0.234 e. The van der Waals surface area contributed by atoms with E-state index in [1.807, 2.05) is 41.0 Å². The maximum Gasteiger partial charge on any atom is 0.234 e. The first kappa shape index (κ1) is 22.1. The summed E-state index contributed by atoms with van der Waals surface area (Å²) in [6.07, 6.45) is 3.38. The first-order valence-corrected chi connectivity index (χ1v) is 11.2. The van der Waals surface area contributed by atoms with Gasteiger partial charge in [-0.2, -0.15) is 0 Å². The van der Waals surface area contributed by atoms with Gasteiger partial charge >= 0.3 is 0 Å². The Balaban J connectivity index is 1.60. The molecule has 162 valence electrons. The molecule has 0 unspecified atom stereocenters. The Hall–Kier alpha value is -3.07. The van der Waals surface area contributed by atoms with Crippen LogP contribution >= 0.6 is 35.0 Å². The molecule has 0 aliphatic rings. The molecule has 7 nitrogen and oxygen atoms in total. The van der Waals surface area contributed by atoms with Gasteiger partial charge in [-0.25, -0.2) is 0 Å². The lowest BCUT2D eigenvalue weighted by atomic mass is 10.2. The van der Waals surface area contributed by atoms with Crippen molar-refractivity contribution in [2.75, 3.05) is 18.2 Å². The number of ether oxygens (including phenoxy) is 1. The molecule has 32 heavy (non-hydrogen) atoms. The molecule has 4 rings (SSSR count). The van der Waals surface area contributed by atoms with Crippen LogP contribution in [0.1, 0.15) is 0 Å². The summed E-state index contributed by atoms with van der Waals surface area (Å²) in [6, 6.07) is 16.1. The number of thioether (sulfide) groups is 1. The average molecular weight is 486 g/mol. The van der Waals surface area contributed by atoms with Crippen LogP contribution in [0.4, 0.5) is 5.69 Å². The molecule has 1 N–H and O–H groups in total. The Labute approximate surface area is 198 Å². The lowest BCUT2D eigenvalue weighted by molar-refractivity contribution is -0.113. The van der Waals surface area contributed by atoms with Gasteiger partial charge in [0.1, 0.15) is 5.75 Å². The molecule has 2 aromatic carbocycles. The van der Waals surface area contributed by atoms with Crippen molar-refractivity contribution in [2.24, 2.45) is 0 Å². The van der Waals surface area contributed by atoms with Gasteiger partial charge in [0.25, 0.3) is 0 Å². The van der Waals surface area contributed by atoms with E-state index in [9.17, 15) is 4.79 Å². The molecule has 0 aliphatic carbocycles. The van der Waals surface area contributed by atoms with Crippen LogP contribution in [0, 0.1) is 0 Å². The number of anilines is 1. The fourth-order valence-corrected chi connectivity index (χ4v) is 4.01. The SMILES string of the molecule is COc1ccc(-n2c(SCC(=O)Nc3cc(Cl)ccc3Cl)nnc2-c2ccncc2)cc1. The van der Waals surface area contributed by atoms with E-state index in [0.29, 0.717) is 26.7 Å². The van der Waals surface area contributed by atoms with Crippen molar-refractivity contribution < 1.29 is 9.53 Å². The van der Waals surface area contributed by atoms with Crippen LogP contribution in [0.5, 0.6) is 5.75 Å². The third-order valence-corrected chi connectivity index (χ3v) is 5.93. The quantitative estimate of drug-likeness (QED) is 0.354. The summed E-state index contributed by atoms with van der Waals surface area (Å²) in [5.41, 5.74) is 2.15. The third-order valence-electron chi connectivity index (χ3n) is 4.44. The van der Waals surface area contributed by atoms with Crippen LogP contribution in [-0.4, -0.2) is 38.5 Å². The number of hydrogen-bond acceptors (Lipinski definition) is 6. The Kier molecular flexibility index (Phi) is 6.94. The summed E-state index contributed by atoms with van der Waals surface area (Å²) in [6.45, 7) is 0. The molecule has 1 amide bonds. The van der Waals surface area contributed by atoms with Crippen molar-refractivity contribution in [3.63, 3.8) is 0 Å². The zero-order valence-electron chi connectivity index (χ0n) is 16.8. The maximum atomic E-state index is 12.5. The molecule has 0 aliphatic heterocycles. The van der Waals surface area contributed by atoms with Crippen LogP contribution in [-0.2, 0) is 4.79 Å². The fourth-order valence-electron chi connectivity index (χ4n) is 2.93. The average Bonchev–Trinajstić information content (AvgIpc) is 3.25. The zero-order valence-corrected chi connectivity index (χ0v) is 19.2. The van der Waals surface area contributed by atoms with E-state index < -0.39 is 0 Å². The minimum atomic E-state index is -0.242. The minimum Gasteiger partial charge on any atom is -0.497 e. The molecule has 0 bridgehead atoms. The summed E-state index contributed by atoms with van der Waals surface area (Å²) >= 11 is 13.4. The minimum absolute atomic E-state index is 0.105. The number of halogens is 2. The predicted octanol–water partition coefficient (Wildman–Crippen LogP) is 5.38. The van der Waals surface area contributed by atoms with Crippen molar-refractivity contribution in [3.8, 4) is 22.8 Å². The number of benzene rings is 2. The molecular weight excluding hydrogens is 469 g/mol. The normalized spacial score (nSPS) is 10.7. The lowest BCUT2D eigenvalue weighted by Crippen LogP contribution is -2.15. The molecule has 10 heteroatoms. The summed E-state index contributed by atoms with van der Waals surface area (Å²) in [5.74, 6) is 1.24. The summed E-state index contributed by atoms with van der Waals surface area (Å²) < 4.78 is 7.15. The van der Waals surface area contributed by atoms with Gasteiger partial charge in [0, 0.05) is 28.7 Å². The number of carbonyl (C=O) groups is 1. The fraction of sp³-hybridized carbons (Fsp3) is 0.0909. The van der Waals surface area contributed by atoms with Crippen molar-refractivity contribution >= 4 is 46.6 Å². The molecule has 0 fully saturated rings. The van der Waals surface area contributed by atoms with E-state index in [1.165, 1.54) is 11.8 Å². The van der Waals surface area contributed by atoms with E-state index in [-0.39, 0.29) is 11.7 Å². The van der Waals surface area contributed by atoms with Crippen molar-refractivity contribution in [3.05, 3.63) is 77.0 Å². The molecule has 0 radical (unpaired) electrons. The van der Waals surface area contributed by atoms with Gasteiger partial charge in [-0.1, -0.05) is 35.0 Å². The van der Waals surface area contributed by atoms with E-state index >= 15 is 0 Å². The monoisotopic (exact) mass is 485 g/mol. The zero-order chi connectivity index (χ0) is 22.5. The second-order valence-corrected chi connectivity index (χ2v) is 8.32. The van der Waals surface area contributed by atoms with E-state index in [1.54, 1.807) is 37.7 Å². The molecule has 0 atom stereocenters. The van der Waals surface area contributed by atoms with Gasteiger partial charge in [-0.05, 0) is 54.6 Å². The van der Waals surface area contributed by atoms with E-state index in [4.69, 9.17) is 27.9 Å². The van der Waals surface area contributed by atoms with Gasteiger partial charge in [-0.3, -0.25) is 14.3 Å². The number of hydrogen-bond donors (Lipinski definition) is 1. The maximum absolute atomic E-state index is 12.5. The molecule has 4 aromatic rings. The van der Waals surface area contributed by atoms with Crippen LogP contribution in [0.3, 0.4) is 0 Å². The Morgan fingerprint density at radius 1 is 1.06 bits per heavy atom. The number of nitrogens with zero attached hydrogens (tertiary/aromatic N) is 4. The highest BCUT2D eigenvalue weighted by Gasteiger charge is 2.18. The second-order valence-electron chi connectivity index (χ2n) is 6.54. The lowest BCUT2D eigenvalue weighted by Gasteiger charge is -2.11. The number of carbonyl (C=O) groups excluding carboxylic acids is 1. The van der Waals surface area contributed by atoms with Crippen LogP contribution in [0.25, 0.3) is 17.1 Å². The molecule has 0 saturated heterocycles. The van der Waals surface area contributed by atoms with Gasteiger partial charge in [0.05, 0.1) is 23.6 Å². The van der Waals surface area contributed by atoms with Gasteiger partial charge in [-0.15, -0.1) is 10.2 Å². The van der Waals surface area contributed by atoms with Crippen molar-refractivity contribution in [1.82, 2.24) is 19.7 Å². The number of rotatable bonds is 7. The molecule has 2 aromatic heterocycles. The van der Waals surface area contributed by atoms with E-state index in [2.05, 4.69) is 20.5 Å². The number of amides is 1. The molecular formula is C22H17Cl2N5O2S. The van der Waals surface area contributed by atoms with Gasteiger partial charge in [0.15, 0.2) is 11.0 Å². The standard InChI is InChI=1S/C22H17Cl2N5O2S/c1-31-17-5-3-16(4-6-17)29-21(14-8-10-25-11-9-14)27-28-22(29)32-13-20(30)26-19-12-15(23)2-7-18(19)24/h2-12H,13H2,1H3,(H,26,30). The highest BCUT2D eigenvalue weighted by Crippen LogP contribution is 2.29. The Bertz CT molecular complexity index is 1230.